The number of hydrogen-bond donors (Lipinski definition) is 3. The minimum atomic E-state index is -0.112. The number of likely N-dealkylation sites (N-methyl/N-ethyl adjacent to an activating group) is 1. The second kappa shape index (κ2) is 16.1. The van der Waals surface area contributed by atoms with Gasteiger partial charge in [0.1, 0.15) is 5.75 Å². The molecule has 0 saturated carbocycles. The molecule has 1 aliphatic heterocycles. The summed E-state index contributed by atoms with van der Waals surface area (Å²) >= 11 is 0. The molecule has 1 aromatic carbocycles. The van der Waals surface area contributed by atoms with Crippen LogP contribution in [0.5, 0.6) is 5.75 Å². The number of hydrogen-bond acceptors (Lipinski definition) is 4. The zero-order chi connectivity index (χ0) is 21.6. The Labute approximate surface area is 204 Å². The quantitative estimate of drug-likeness (QED) is 0.173. The monoisotopic (exact) mass is 545 g/mol. The minimum absolute atomic E-state index is 0. The topological polar surface area (TPSA) is 78.0 Å². The van der Waals surface area contributed by atoms with Gasteiger partial charge in [-0.1, -0.05) is 18.6 Å². The molecule has 8 heteroatoms. The first-order chi connectivity index (χ1) is 14.6. The number of likely N-dealkylation sites (tertiary alicyclic amines) is 1. The number of ether oxygens (including phenoxy) is 1. The van der Waals surface area contributed by atoms with Crippen molar-refractivity contribution in [1.29, 1.82) is 0 Å². The molecule has 1 fully saturated rings. The molecule has 0 aliphatic carbocycles. The van der Waals surface area contributed by atoms with Crippen molar-refractivity contribution in [3.63, 3.8) is 0 Å². The van der Waals surface area contributed by atoms with Crippen molar-refractivity contribution in [3.05, 3.63) is 29.8 Å². The number of rotatable bonds is 11. The van der Waals surface area contributed by atoms with Gasteiger partial charge in [-0.25, -0.2) is 4.99 Å². The van der Waals surface area contributed by atoms with E-state index in [0.29, 0.717) is 24.9 Å². The van der Waals surface area contributed by atoms with Crippen LogP contribution in [0.4, 0.5) is 0 Å². The van der Waals surface area contributed by atoms with Gasteiger partial charge in [0.15, 0.2) is 12.6 Å². The first kappa shape index (κ1) is 27.5. The van der Waals surface area contributed by atoms with Gasteiger partial charge in [-0.3, -0.25) is 4.79 Å². The molecule has 31 heavy (non-hydrogen) atoms. The number of guanidine groups is 1. The molecule has 0 spiro atoms. The normalized spacial score (nSPS) is 16.9. The van der Waals surface area contributed by atoms with Crippen molar-refractivity contribution in [2.45, 2.75) is 59.0 Å². The number of nitrogens with one attached hydrogen (secondary N) is 3. The Balaban J connectivity index is 0.00000480. The first-order valence-corrected chi connectivity index (χ1v) is 11.4. The maximum atomic E-state index is 11.6. The van der Waals surface area contributed by atoms with E-state index in [-0.39, 0.29) is 36.5 Å². The first-order valence-electron chi connectivity index (χ1n) is 11.4. The molecule has 1 heterocycles. The van der Waals surface area contributed by atoms with Crippen LogP contribution in [0.25, 0.3) is 0 Å². The molecule has 1 saturated heterocycles. The van der Waals surface area contributed by atoms with Crippen molar-refractivity contribution in [3.8, 4) is 5.75 Å². The van der Waals surface area contributed by atoms with E-state index in [2.05, 4.69) is 34.7 Å². The Hall–Kier alpha value is -1.55. The summed E-state index contributed by atoms with van der Waals surface area (Å²) in [4.78, 5) is 18.8. The van der Waals surface area contributed by atoms with E-state index in [1.807, 2.05) is 31.2 Å². The highest BCUT2D eigenvalue weighted by molar-refractivity contribution is 14.0. The molecular formula is C23H40IN5O2. The average molecular weight is 546 g/mol. The lowest BCUT2D eigenvalue weighted by Crippen LogP contribution is -2.41. The Morgan fingerprint density at radius 2 is 2.00 bits per heavy atom. The number of benzene rings is 1. The van der Waals surface area contributed by atoms with E-state index >= 15 is 0 Å². The Morgan fingerprint density at radius 1 is 1.19 bits per heavy atom. The molecule has 1 aromatic rings. The zero-order valence-corrected chi connectivity index (χ0v) is 21.6. The Morgan fingerprint density at radius 3 is 2.74 bits per heavy atom. The van der Waals surface area contributed by atoms with Crippen LogP contribution in [0.15, 0.2) is 29.3 Å². The van der Waals surface area contributed by atoms with E-state index in [4.69, 9.17) is 9.73 Å². The van der Waals surface area contributed by atoms with Gasteiger partial charge in [0.05, 0.1) is 6.54 Å². The van der Waals surface area contributed by atoms with E-state index in [9.17, 15) is 4.79 Å². The van der Waals surface area contributed by atoms with Crippen LogP contribution in [0.1, 0.15) is 52.0 Å². The lowest BCUT2D eigenvalue weighted by Gasteiger charge is -2.33. The molecule has 1 unspecified atom stereocenters. The molecule has 1 amide bonds. The van der Waals surface area contributed by atoms with Crippen molar-refractivity contribution in [2.24, 2.45) is 4.99 Å². The number of piperidine rings is 1. The van der Waals surface area contributed by atoms with E-state index in [0.717, 1.165) is 37.6 Å². The lowest BCUT2D eigenvalue weighted by atomic mass is 10.0. The van der Waals surface area contributed by atoms with Gasteiger partial charge in [-0.15, -0.1) is 24.0 Å². The molecule has 0 bridgehead atoms. The summed E-state index contributed by atoms with van der Waals surface area (Å²) in [6.07, 6.45) is 5.13. The summed E-state index contributed by atoms with van der Waals surface area (Å²) in [5.41, 5.74) is 1.04. The molecule has 0 aromatic heterocycles. The maximum absolute atomic E-state index is 11.6. The fraction of sp³-hybridized carbons (Fsp3) is 0.652. The predicted octanol–water partition coefficient (Wildman–Crippen LogP) is 3.14. The molecule has 1 atom stereocenters. The number of nitrogens with zero attached hydrogens (tertiary/aromatic N) is 2. The minimum Gasteiger partial charge on any atom is -0.484 e. The van der Waals surface area contributed by atoms with Crippen LogP contribution in [0, 0.1) is 0 Å². The van der Waals surface area contributed by atoms with Crippen LogP contribution in [-0.2, 0) is 11.3 Å². The summed E-state index contributed by atoms with van der Waals surface area (Å²) in [5.74, 6) is 1.40. The molecular weight excluding hydrogens is 505 g/mol. The lowest BCUT2D eigenvalue weighted by molar-refractivity contribution is -0.122. The second-order valence-corrected chi connectivity index (χ2v) is 7.75. The second-order valence-electron chi connectivity index (χ2n) is 7.75. The fourth-order valence-corrected chi connectivity index (χ4v) is 3.62. The molecule has 0 radical (unpaired) electrons. The third-order valence-corrected chi connectivity index (χ3v) is 5.26. The summed E-state index contributed by atoms with van der Waals surface area (Å²) in [5, 5.41) is 9.48. The van der Waals surface area contributed by atoms with Gasteiger partial charge < -0.3 is 25.6 Å². The van der Waals surface area contributed by atoms with E-state index < -0.39 is 0 Å². The van der Waals surface area contributed by atoms with Gasteiger partial charge in [0.25, 0.3) is 5.91 Å². The van der Waals surface area contributed by atoms with Crippen LogP contribution in [-0.4, -0.2) is 62.1 Å². The molecule has 1 aliphatic rings. The van der Waals surface area contributed by atoms with Gasteiger partial charge >= 0.3 is 0 Å². The third kappa shape index (κ3) is 11.0. The number of carbonyl (C=O) groups excluding carboxylic acids is 1. The third-order valence-electron chi connectivity index (χ3n) is 5.26. The average Bonchev–Trinajstić information content (AvgIpc) is 2.75. The van der Waals surface area contributed by atoms with E-state index in [1.54, 1.807) is 0 Å². The SMILES string of the molecule is CCNC(=O)COc1cccc(CN=C(NCC)NCCCN2CCCCC2C)c1.I. The van der Waals surface area contributed by atoms with Crippen molar-refractivity contribution < 1.29 is 9.53 Å². The summed E-state index contributed by atoms with van der Waals surface area (Å²) in [6, 6.07) is 8.45. The largest absolute Gasteiger partial charge is 0.484 e. The highest BCUT2D eigenvalue weighted by Gasteiger charge is 2.17. The smallest absolute Gasteiger partial charge is 0.257 e. The van der Waals surface area contributed by atoms with Gasteiger partial charge in [-0.05, 0) is 64.3 Å². The molecule has 7 nitrogen and oxygen atoms in total. The van der Waals surface area contributed by atoms with E-state index in [1.165, 1.54) is 25.8 Å². The summed E-state index contributed by atoms with van der Waals surface area (Å²) in [7, 11) is 0. The highest BCUT2D eigenvalue weighted by Crippen LogP contribution is 2.16. The number of carbonyl (C=O) groups is 1. The zero-order valence-electron chi connectivity index (χ0n) is 19.3. The summed E-state index contributed by atoms with van der Waals surface area (Å²) in [6.45, 7) is 11.6. The van der Waals surface area contributed by atoms with Crippen LogP contribution < -0.4 is 20.7 Å². The highest BCUT2D eigenvalue weighted by atomic mass is 127. The number of aliphatic imine (C=N–C) groups is 1. The molecule has 2 rings (SSSR count). The fourth-order valence-electron chi connectivity index (χ4n) is 3.62. The number of amides is 1. The standard InChI is InChI=1S/C23H39N5O2.HI/c1-4-24-22(29)18-30-21-12-8-11-20(16-21)17-27-23(25-5-2)26-13-9-15-28-14-7-6-10-19(28)3;/h8,11-12,16,19H,4-7,9-10,13-15,17-18H2,1-3H3,(H,24,29)(H2,25,26,27);1H. The van der Waals surface area contributed by atoms with Crippen molar-refractivity contribution in [2.75, 3.05) is 39.3 Å². The summed E-state index contributed by atoms with van der Waals surface area (Å²) < 4.78 is 5.56. The predicted molar refractivity (Wildman–Crippen MR) is 138 cm³/mol. The Kier molecular flexibility index (Phi) is 14.3. The van der Waals surface area contributed by atoms with Gasteiger partial charge in [0.2, 0.25) is 0 Å². The number of halogens is 1. The van der Waals surface area contributed by atoms with Crippen LogP contribution >= 0.6 is 24.0 Å². The van der Waals surface area contributed by atoms with Crippen molar-refractivity contribution >= 4 is 35.8 Å². The maximum Gasteiger partial charge on any atom is 0.257 e. The molecule has 3 N–H and O–H groups in total. The molecule has 176 valence electrons. The van der Waals surface area contributed by atoms with Gasteiger partial charge in [-0.2, -0.15) is 0 Å². The Bertz CT molecular complexity index is 671. The van der Waals surface area contributed by atoms with Crippen molar-refractivity contribution in [1.82, 2.24) is 20.9 Å². The van der Waals surface area contributed by atoms with Gasteiger partial charge in [0, 0.05) is 32.2 Å². The van der Waals surface area contributed by atoms with Crippen LogP contribution in [0.2, 0.25) is 0 Å². The van der Waals surface area contributed by atoms with Crippen LogP contribution in [0.3, 0.4) is 0 Å².